The van der Waals surface area contributed by atoms with Crippen LogP contribution in [0.15, 0.2) is 18.2 Å². The molecule has 3 atom stereocenters. The maximum atomic E-state index is 12.8. The van der Waals surface area contributed by atoms with Crippen LogP contribution in [0.5, 0.6) is 0 Å². The number of alkyl halides is 3. The van der Waals surface area contributed by atoms with Gasteiger partial charge in [-0.15, -0.1) is 0 Å². The Hall–Kier alpha value is -1.34. The Morgan fingerprint density at radius 1 is 1.29 bits per heavy atom. The first-order chi connectivity index (χ1) is 9.93. The lowest BCUT2D eigenvalue weighted by Crippen LogP contribution is -2.20. The molecule has 2 bridgehead atoms. The summed E-state index contributed by atoms with van der Waals surface area (Å²) in [4.78, 5) is 2.90. The van der Waals surface area contributed by atoms with Gasteiger partial charge in [0, 0.05) is 0 Å². The van der Waals surface area contributed by atoms with E-state index >= 15 is 0 Å². The lowest BCUT2D eigenvalue weighted by Gasteiger charge is -2.21. The van der Waals surface area contributed by atoms with Crippen molar-refractivity contribution in [3.05, 3.63) is 28.5 Å². The van der Waals surface area contributed by atoms with Gasteiger partial charge in [-0.2, -0.15) is 13.2 Å². The summed E-state index contributed by atoms with van der Waals surface area (Å²) in [6, 6.07) is 3.85. The number of fused-ring (bicyclic) bond motifs is 3. The van der Waals surface area contributed by atoms with Gasteiger partial charge in [-0.1, -0.05) is 0 Å². The second-order valence-corrected chi connectivity index (χ2v) is 6.09. The highest BCUT2D eigenvalue weighted by Crippen LogP contribution is 2.43. The van der Waals surface area contributed by atoms with E-state index in [-0.39, 0.29) is 18.2 Å². The fourth-order valence-electron chi connectivity index (χ4n) is 3.52. The third-order valence-electron chi connectivity index (χ3n) is 4.45. The highest BCUT2D eigenvalue weighted by atomic mass is 32.1. The van der Waals surface area contributed by atoms with Gasteiger partial charge in [0.25, 0.3) is 0 Å². The smallest absolute Gasteiger partial charge is 0.373 e. The number of aromatic nitrogens is 2. The number of rotatable bonds is 1. The molecule has 112 valence electrons. The molecule has 2 aromatic rings. The van der Waals surface area contributed by atoms with Crippen molar-refractivity contribution in [2.75, 3.05) is 0 Å². The minimum absolute atomic E-state index is 0.127. The van der Waals surface area contributed by atoms with Crippen molar-refractivity contribution in [3.8, 4) is 0 Å². The van der Waals surface area contributed by atoms with Crippen molar-refractivity contribution in [1.29, 1.82) is 0 Å². The molecule has 0 amide bonds. The van der Waals surface area contributed by atoms with Crippen LogP contribution in [0, 0.1) is 4.77 Å². The minimum Gasteiger partial charge on any atom is -0.373 e. The maximum absolute atomic E-state index is 12.8. The molecule has 4 rings (SSSR count). The molecule has 0 spiro atoms. The van der Waals surface area contributed by atoms with Crippen LogP contribution < -0.4 is 0 Å². The Morgan fingerprint density at radius 2 is 2.10 bits per heavy atom. The molecular weight excluding hydrogens is 301 g/mol. The zero-order chi connectivity index (χ0) is 14.8. The van der Waals surface area contributed by atoms with E-state index in [1.165, 1.54) is 6.07 Å². The Kier molecular flexibility index (Phi) is 2.75. The highest BCUT2D eigenvalue weighted by Gasteiger charge is 2.42. The van der Waals surface area contributed by atoms with Gasteiger partial charge < -0.3 is 14.3 Å². The number of hydrogen-bond donors (Lipinski definition) is 1. The summed E-state index contributed by atoms with van der Waals surface area (Å²) in [5.74, 6) is 0. The number of nitrogens with zero attached hydrogens (tertiary/aromatic N) is 1. The van der Waals surface area contributed by atoms with Crippen molar-refractivity contribution < 1.29 is 17.9 Å². The molecule has 0 radical (unpaired) electrons. The zero-order valence-electron chi connectivity index (χ0n) is 11.0. The molecule has 2 fully saturated rings. The van der Waals surface area contributed by atoms with Crippen LogP contribution in [-0.4, -0.2) is 21.8 Å². The summed E-state index contributed by atoms with van der Waals surface area (Å²) < 4.78 is 46.6. The maximum Gasteiger partial charge on any atom is 0.416 e. The molecular formula is C14H13F3N2OS. The molecule has 3 nitrogen and oxygen atoms in total. The summed E-state index contributed by atoms with van der Waals surface area (Å²) in [6.07, 6.45) is -1.02. The standard InChI is InChI=1S/C14H13F3N2OS/c15-14(16,17)7-1-3-10-9(5-7)18-13(21)19(10)11-6-8-2-4-12(11)20-8/h1,3,5,8,11-12H,2,4,6H2,(H,18,21). The lowest BCUT2D eigenvalue weighted by atomic mass is 9.95. The molecule has 1 aromatic heterocycles. The summed E-state index contributed by atoms with van der Waals surface area (Å²) in [5.41, 5.74) is 0.481. The fraction of sp³-hybridized carbons (Fsp3) is 0.500. The number of halogens is 3. The van der Waals surface area contributed by atoms with Crippen LogP contribution in [0.4, 0.5) is 13.2 Å². The van der Waals surface area contributed by atoms with Crippen LogP contribution in [0.25, 0.3) is 11.0 Å². The number of hydrogen-bond acceptors (Lipinski definition) is 2. The van der Waals surface area contributed by atoms with E-state index in [4.69, 9.17) is 17.0 Å². The third kappa shape index (κ3) is 2.02. The Bertz CT molecular complexity index is 764. The molecule has 3 heterocycles. The number of benzene rings is 1. The summed E-state index contributed by atoms with van der Waals surface area (Å²) in [7, 11) is 0. The molecule has 3 unspecified atom stereocenters. The second-order valence-electron chi connectivity index (χ2n) is 5.71. The first kappa shape index (κ1) is 13.3. The largest absolute Gasteiger partial charge is 0.416 e. The van der Waals surface area contributed by atoms with Gasteiger partial charge in [-0.05, 0) is 49.7 Å². The molecule has 0 saturated carbocycles. The molecule has 21 heavy (non-hydrogen) atoms. The Labute approximate surface area is 123 Å². The van der Waals surface area contributed by atoms with E-state index in [1.807, 2.05) is 4.57 Å². The van der Waals surface area contributed by atoms with E-state index in [1.54, 1.807) is 0 Å². The Balaban J connectivity index is 1.83. The second kappa shape index (κ2) is 4.33. The number of nitrogens with one attached hydrogen (secondary N) is 1. The van der Waals surface area contributed by atoms with Crippen molar-refractivity contribution in [1.82, 2.24) is 9.55 Å². The number of ether oxygens (including phenoxy) is 1. The molecule has 2 aliphatic rings. The van der Waals surface area contributed by atoms with E-state index in [2.05, 4.69) is 4.98 Å². The van der Waals surface area contributed by atoms with E-state index in [0.717, 1.165) is 31.4 Å². The summed E-state index contributed by atoms with van der Waals surface area (Å²) in [6.45, 7) is 0. The van der Waals surface area contributed by atoms with Crippen LogP contribution in [-0.2, 0) is 10.9 Å². The molecule has 1 N–H and O–H groups in total. The molecule has 2 saturated heterocycles. The first-order valence-electron chi connectivity index (χ1n) is 6.90. The van der Waals surface area contributed by atoms with Crippen LogP contribution in [0.1, 0.15) is 30.9 Å². The summed E-state index contributed by atoms with van der Waals surface area (Å²) in [5, 5.41) is 0. The monoisotopic (exact) mass is 314 g/mol. The zero-order valence-corrected chi connectivity index (χ0v) is 11.8. The van der Waals surface area contributed by atoms with Crippen molar-refractivity contribution in [2.45, 2.75) is 43.7 Å². The fourth-order valence-corrected chi connectivity index (χ4v) is 3.86. The normalized spacial score (nSPS) is 28.6. The molecule has 2 aliphatic heterocycles. The predicted octanol–water partition coefficient (Wildman–Crippen LogP) is 4.21. The van der Waals surface area contributed by atoms with Crippen LogP contribution in [0.2, 0.25) is 0 Å². The topological polar surface area (TPSA) is 29.9 Å². The predicted molar refractivity (Wildman–Crippen MR) is 73.7 cm³/mol. The van der Waals surface area contributed by atoms with Gasteiger partial charge >= 0.3 is 6.18 Å². The van der Waals surface area contributed by atoms with Crippen LogP contribution >= 0.6 is 12.2 Å². The van der Waals surface area contributed by atoms with E-state index < -0.39 is 11.7 Å². The van der Waals surface area contributed by atoms with E-state index in [9.17, 15) is 13.2 Å². The van der Waals surface area contributed by atoms with Gasteiger partial charge in [0.05, 0.1) is 34.8 Å². The van der Waals surface area contributed by atoms with Crippen molar-refractivity contribution in [3.63, 3.8) is 0 Å². The lowest BCUT2D eigenvalue weighted by molar-refractivity contribution is -0.137. The average Bonchev–Trinajstić information content (AvgIpc) is 3.08. The van der Waals surface area contributed by atoms with E-state index in [0.29, 0.717) is 15.8 Å². The molecule has 0 aliphatic carbocycles. The van der Waals surface area contributed by atoms with Gasteiger partial charge in [-0.25, -0.2) is 0 Å². The van der Waals surface area contributed by atoms with Crippen molar-refractivity contribution in [2.24, 2.45) is 0 Å². The number of imidazole rings is 1. The van der Waals surface area contributed by atoms with Gasteiger partial charge in [0.1, 0.15) is 0 Å². The quantitative estimate of drug-likeness (QED) is 0.799. The highest BCUT2D eigenvalue weighted by molar-refractivity contribution is 7.71. The Morgan fingerprint density at radius 3 is 2.71 bits per heavy atom. The molecule has 1 aromatic carbocycles. The van der Waals surface area contributed by atoms with Crippen molar-refractivity contribution >= 4 is 23.3 Å². The SMILES string of the molecule is FC(F)(F)c1ccc2c(c1)[nH]c(=S)n2C1CC2CCC1O2. The number of aromatic amines is 1. The third-order valence-corrected chi connectivity index (χ3v) is 4.75. The first-order valence-corrected chi connectivity index (χ1v) is 7.31. The number of H-pyrrole nitrogens is 1. The summed E-state index contributed by atoms with van der Waals surface area (Å²) >= 11 is 5.31. The van der Waals surface area contributed by atoms with Crippen LogP contribution in [0.3, 0.4) is 0 Å². The minimum atomic E-state index is -4.35. The molecule has 7 heteroatoms. The van der Waals surface area contributed by atoms with Gasteiger partial charge in [-0.3, -0.25) is 0 Å². The average molecular weight is 314 g/mol. The van der Waals surface area contributed by atoms with Gasteiger partial charge in [0.15, 0.2) is 4.77 Å². The van der Waals surface area contributed by atoms with Gasteiger partial charge in [0.2, 0.25) is 0 Å².